The largest absolute Gasteiger partial charge is 0.459 e. The van der Waals surface area contributed by atoms with Crippen LogP contribution in [0.15, 0.2) is 33.7 Å². The van der Waals surface area contributed by atoms with Crippen LogP contribution in [0.3, 0.4) is 0 Å². The van der Waals surface area contributed by atoms with Crippen LogP contribution in [0.5, 0.6) is 0 Å². The number of ether oxygens (including phenoxy) is 1. The third-order valence-electron chi connectivity index (χ3n) is 4.00. The number of esters is 1. The van der Waals surface area contributed by atoms with Gasteiger partial charge in [-0.1, -0.05) is 17.3 Å². The van der Waals surface area contributed by atoms with Gasteiger partial charge in [0.05, 0.1) is 5.69 Å². The van der Waals surface area contributed by atoms with E-state index in [1.807, 2.05) is 60.6 Å². The van der Waals surface area contributed by atoms with Crippen molar-refractivity contribution in [3.05, 3.63) is 46.8 Å². The van der Waals surface area contributed by atoms with Crippen LogP contribution in [0.1, 0.15) is 57.2 Å². The molecule has 0 aliphatic carbocycles. The van der Waals surface area contributed by atoms with E-state index >= 15 is 0 Å². The van der Waals surface area contributed by atoms with Crippen molar-refractivity contribution in [1.29, 1.82) is 0 Å². The van der Waals surface area contributed by atoms with Gasteiger partial charge in [-0.15, -0.1) is 11.8 Å². The SMILES string of the molecule is Cc1noc(C)c1CNCc1ccc(SC(C)(C)C(=O)OC(C)(C)C)cc1. The monoisotopic (exact) mass is 390 g/mol. The minimum atomic E-state index is -0.642. The van der Waals surface area contributed by atoms with Gasteiger partial charge in [0.2, 0.25) is 0 Å². The quantitative estimate of drug-likeness (QED) is 0.541. The van der Waals surface area contributed by atoms with E-state index in [9.17, 15) is 4.79 Å². The second kappa shape index (κ2) is 8.48. The Kier molecular flexibility index (Phi) is 6.76. The van der Waals surface area contributed by atoms with Crippen LogP contribution >= 0.6 is 11.8 Å². The van der Waals surface area contributed by atoms with Crippen LogP contribution in [0, 0.1) is 13.8 Å². The van der Waals surface area contributed by atoms with Gasteiger partial charge in [0.15, 0.2) is 0 Å². The first-order chi connectivity index (χ1) is 12.5. The molecular weight excluding hydrogens is 360 g/mol. The summed E-state index contributed by atoms with van der Waals surface area (Å²) in [6.45, 7) is 14.8. The average Bonchev–Trinajstić information content (AvgIpc) is 2.86. The number of aryl methyl sites for hydroxylation is 2. The molecule has 27 heavy (non-hydrogen) atoms. The van der Waals surface area contributed by atoms with Crippen LogP contribution in [-0.4, -0.2) is 21.5 Å². The summed E-state index contributed by atoms with van der Waals surface area (Å²) >= 11 is 1.51. The van der Waals surface area contributed by atoms with Crippen molar-refractivity contribution < 1.29 is 14.1 Å². The molecular formula is C21H30N2O3S. The maximum absolute atomic E-state index is 12.4. The van der Waals surface area contributed by atoms with Crippen LogP contribution in [-0.2, 0) is 22.6 Å². The smallest absolute Gasteiger partial charge is 0.322 e. The number of nitrogens with zero attached hydrogens (tertiary/aromatic N) is 1. The topological polar surface area (TPSA) is 64.4 Å². The van der Waals surface area contributed by atoms with Crippen LogP contribution in [0.4, 0.5) is 0 Å². The number of rotatable bonds is 7. The fourth-order valence-corrected chi connectivity index (χ4v) is 3.49. The molecule has 148 valence electrons. The fourth-order valence-electron chi connectivity index (χ4n) is 2.50. The Labute approximate surface area is 166 Å². The molecule has 0 amide bonds. The van der Waals surface area contributed by atoms with Gasteiger partial charge in [-0.3, -0.25) is 4.79 Å². The zero-order valence-electron chi connectivity index (χ0n) is 17.3. The number of benzene rings is 1. The minimum absolute atomic E-state index is 0.204. The zero-order valence-corrected chi connectivity index (χ0v) is 18.1. The van der Waals surface area contributed by atoms with Crippen LogP contribution < -0.4 is 5.32 Å². The first-order valence-electron chi connectivity index (χ1n) is 9.12. The standard InChI is InChI=1S/C21H30N2O3S/c1-14-18(15(2)26-23-14)13-22-12-16-8-10-17(11-9-16)27-21(6,7)19(24)25-20(3,4)5/h8-11,22H,12-13H2,1-7H3. The molecule has 0 aliphatic rings. The van der Waals surface area contributed by atoms with E-state index in [1.54, 1.807) is 0 Å². The van der Waals surface area contributed by atoms with Gasteiger partial charge >= 0.3 is 5.97 Å². The number of carbonyl (C=O) groups excluding carboxylic acids is 1. The molecule has 1 aromatic heterocycles. The van der Waals surface area contributed by atoms with Gasteiger partial charge in [0.1, 0.15) is 16.1 Å². The van der Waals surface area contributed by atoms with E-state index in [4.69, 9.17) is 9.26 Å². The van der Waals surface area contributed by atoms with Crippen molar-refractivity contribution in [2.45, 2.75) is 76.8 Å². The van der Waals surface area contributed by atoms with Crippen molar-refractivity contribution in [3.63, 3.8) is 0 Å². The average molecular weight is 391 g/mol. The summed E-state index contributed by atoms with van der Waals surface area (Å²) in [5.74, 6) is 0.654. The Morgan fingerprint density at radius 1 is 1.11 bits per heavy atom. The van der Waals surface area contributed by atoms with E-state index in [0.717, 1.165) is 35.0 Å². The maximum Gasteiger partial charge on any atom is 0.322 e. The Bertz CT molecular complexity index is 754. The summed E-state index contributed by atoms with van der Waals surface area (Å²) in [5.41, 5.74) is 2.74. The Hall–Kier alpha value is -1.79. The fraction of sp³-hybridized carbons (Fsp3) is 0.524. The molecule has 1 heterocycles. The molecule has 2 aromatic rings. The predicted octanol–water partition coefficient (Wildman–Crippen LogP) is 4.79. The van der Waals surface area contributed by atoms with Gasteiger partial charge in [-0.25, -0.2) is 0 Å². The number of hydrogen-bond acceptors (Lipinski definition) is 6. The first-order valence-corrected chi connectivity index (χ1v) is 9.93. The highest BCUT2D eigenvalue weighted by Crippen LogP contribution is 2.34. The molecule has 0 atom stereocenters. The lowest BCUT2D eigenvalue weighted by molar-refractivity contribution is -0.156. The molecule has 6 heteroatoms. The summed E-state index contributed by atoms with van der Waals surface area (Å²) in [4.78, 5) is 13.4. The van der Waals surface area contributed by atoms with Crippen molar-refractivity contribution in [2.24, 2.45) is 0 Å². The van der Waals surface area contributed by atoms with Crippen LogP contribution in [0.25, 0.3) is 0 Å². The van der Waals surface area contributed by atoms with Crippen molar-refractivity contribution >= 4 is 17.7 Å². The van der Waals surface area contributed by atoms with Crippen molar-refractivity contribution in [3.8, 4) is 0 Å². The van der Waals surface area contributed by atoms with E-state index in [-0.39, 0.29) is 5.97 Å². The molecule has 0 fully saturated rings. The molecule has 5 nitrogen and oxygen atoms in total. The summed E-state index contributed by atoms with van der Waals surface area (Å²) in [6.07, 6.45) is 0. The first kappa shape index (κ1) is 21.5. The number of carbonyl (C=O) groups is 1. The lowest BCUT2D eigenvalue weighted by Gasteiger charge is -2.28. The maximum atomic E-state index is 12.4. The zero-order chi connectivity index (χ0) is 20.2. The summed E-state index contributed by atoms with van der Waals surface area (Å²) in [7, 11) is 0. The minimum Gasteiger partial charge on any atom is -0.459 e. The second-order valence-electron chi connectivity index (χ2n) is 8.16. The third kappa shape index (κ3) is 6.40. The summed E-state index contributed by atoms with van der Waals surface area (Å²) in [5, 5.41) is 7.38. The molecule has 0 bridgehead atoms. The third-order valence-corrected chi connectivity index (χ3v) is 5.18. The van der Waals surface area contributed by atoms with Crippen molar-refractivity contribution in [2.75, 3.05) is 0 Å². The predicted molar refractivity (Wildman–Crippen MR) is 109 cm³/mol. The molecule has 2 rings (SSSR count). The Balaban J connectivity index is 1.90. The number of hydrogen-bond donors (Lipinski definition) is 1. The van der Waals surface area contributed by atoms with Gasteiger partial charge in [0.25, 0.3) is 0 Å². The highest BCUT2D eigenvalue weighted by molar-refractivity contribution is 8.01. The highest BCUT2D eigenvalue weighted by atomic mass is 32.2. The molecule has 0 aliphatic heterocycles. The van der Waals surface area contributed by atoms with Crippen molar-refractivity contribution in [1.82, 2.24) is 10.5 Å². The normalized spacial score (nSPS) is 12.3. The molecule has 0 spiro atoms. The van der Waals surface area contributed by atoms with E-state index in [0.29, 0.717) is 0 Å². The van der Waals surface area contributed by atoms with Gasteiger partial charge in [-0.05, 0) is 66.2 Å². The molecule has 0 radical (unpaired) electrons. The molecule has 1 N–H and O–H groups in total. The van der Waals surface area contributed by atoms with E-state index in [2.05, 4.69) is 22.6 Å². The molecule has 0 saturated carbocycles. The molecule has 0 unspecified atom stereocenters. The van der Waals surface area contributed by atoms with Gasteiger partial charge in [0, 0.05) is 23.5 Å². The number of thioether (sulfide) groups is 1. The molecule has 1 aromatic carbocycles. The molecule has 0 saturated heterocycles. The summed E-state index contributed by atoms with van der Waals surface area (Å²) in [6, 6.07) is 8.25. The van der Waals surface area contributed by atoms with Gasteiger partial charge < -0.3 is 14.6 Å². The summed E-state index contributed by atoms with van der Waals surface area (Å²) < 4.78 is 10.1. The Morgan fingerprint density at radius 2 is 1.74 bits per heavy atom. The number of nitrogens with one attached hydrogen (secondary N) is 1. The highest BCUT2D eigenvalue weighted by Gasteiger charge is 2.33. The lowest BCUT2D eigenvalue weighted by atomic mass is 10.1. The van der Waals surface area contributed by atoms with Gasteiger partial charge in [-0.2, -0.15) is 0 Å². The van der Waals surface area contributed by atoms with E-state index < -0.39 is 10.3 Å². The Morgan fingerprint density at radius 3 is 2.26 bits per heavy atom. The lowest BCUT2D eigenvalue weighted by Crippen LogP contribution is -2.36. The second-order valence-corrected chi connectivity index (χ2v) is 9.86. The number of aromatic nitrogens is 1. The van der Waals surface area contributed by atoms with E-state index in [1.165, 1.54) is 17.3 Å². The van der Waals surface area contributed by atoms with Crippen LogP contribution in [0.2, 0.25) is 0 Å².